The molecule has 0 fully saturated rings. The molecule has 3 heterocycles. The third-order valence-corrected chi connectivity index (χ3v) is 7.30. The molecule has 0 amide bonds. The molecule has 0 bridgehead atoms. The van der Waals surface area contributed by atoms with Crippen molar-refractivity contribution in [2.75, 3.05) is 0 Å². The molecule has 1 atom stereocenters. The number of aromatic nitrogens is 3. The SMILES string of the molecule is CCc1ccc(C2Oc3ccccc3-n3c(-c4ccccc4C)c4c(=O)n(C)c(=O)n(C)c4c32)cc1. The molecule has 6 nitrogen and oxygen atoms in total. The predicted octanol–water partition coefficient (Wildman–Crippen LogP) is 5.05. The third-order valence-electron chi connectivity index (χ3n) is 7.30. The molecule has 5 aromatic rings. The summed E-state index contributed by atoms with van der Waals surface area (Å²) < 4.78 is 11.5. The van der Waals surface area contributed by atoms with Crippen LogP contribution in [0.3, 0.4) is 0 Å². The molecule has 0 radical (unpaired) electrons. The van der Waals surface area contributed by atoms with Crippen LogP contribution in [0.4, 0.5) is 0 Å². The smallest absolute Gasteiger partial charge is 0.331 e. The predicted molar refractivity (Wildman–Crippen MR) is 142 cm³/mol. The molecule has 3 aromatic carbocycles. The Balaban J connectivity index is 1.84. The molecule has 6 heteroatoms. The summed E-state index contributed by atoms with van der Waals surface area (Å²) in [5.74, 6) is 0.728. The van der Waals surface area contributed by atoms with Gasteiger partial charge >= 0.3 is 5.69 Å². The van der Waals surface area contributed by atoms with Gasteiger partial charge in [-0.25, -0.2) is 4.79 Å². The van der Waals surface area contributed by atoms with Crippen molar-refractivity contribution in [1.29, 1.82) is 0 Å². The molecule has 6 rings (SSSR count). The van der Waals surface area contributed by atoms with Gasteiger partial charge in [-0.3, -0.25) is 13.9 Å². The zero-order chi connectivity index (χ0) is 25.1. The number of para-hydroxylation sites is 2. The van der Waals surface area contributed by atoms with E-state index in [1.165, 1.54) is 17.2 Å². The zero-order valence-corrected chi connectivity index (χ0v) is 20.8. The van der Waals surface area contributed by atoms with E-state index in [0.29, 0.717) is 10.9 Å². The van der Waals surface area contributed by atoms with Crippen LogP contribution in [0.5, 0.6) is 5.75 Å². The lowest BCUT2D eigenvalue weighted by Gasteiger charge is -2.30. The van der Waals surface area contributed by atoms with Crippen molar-refractivity contribution in [2.24, 2.45) is 14.1 Å². The second-order valence-corrected chi connectivity index (χ2v) is 9.37. The molecule has 36 heavy (non-hydrogen) atoms. The van der Waals surface area contributed by atoms with Crippen LogP contribution in [0.2, 0.25) is 0 Å². The molecule has 2 aromatic heterocycles. The van der Waals surface area contributed by atoms with E-state index < -0.39 is 6.10 Å². The lowest BCUT2D eigenvalue weighted by atomic mass is 10.0. The summed E-state index contributed by atoms with van der Waals surface area (Å²) in [6, 6.07) is 24.3. The van der Waals surface area contributed by atoms with Gasteiger partial charge in [0.05, 0.1) is 28.0 Å². The van der Waals surface area contributed by atoms with Gasteiger partial charge < -0.3 is 9.30 Å². The standard InChI is InChI=1S/C30H27N3O3/c1-5-19-14-16-20(17-15-19)28-27-26-24(29(34)32(4)30(35)31(26)3)25(21-11-7-6-10-18(21)2)33(27)22-12-8-9-13-23(22)36-28/h6-17,28H,5H2,1-4H3. The first-order chi connectivity index (χ1) is 17.4. The summed E-state index contributed by atoms with van der Waals surface area (Å²) in [6.45, 7) is 4.17. The number of fused-ring (bicyclic) bond motifs is 5. The normalized spacial score (nSPS) is 14.4. The van der Waals surface area contributed by atoms with Crippen LogP contribution in [-0.4, -0.2) is 13.7 Å². The van der Waals surface area contributed by atoms with Crippen LogP contribution in [0.15, 0.2) is 82.4 Å². The first-order valence-corrected chi connectivity index (χ1v) is 12.2. The monoisotopic (exact) mass is 477 g/mol. The quantitative estimate of drug-likeness (QED) is 0.366. The maximum absolute atomic E-state index is 13.8. The summed E-state index contributed by atoms with van der Waals surface area (Å²) in [5.41, 5.74) is 6.51. The second-order valence-electron chi connectivity index (χ2n) is 9.37. The highest BCUT2D eigenvalue weighted by molar-refractivity contribution is 5.98. The molecule has 1 aliphatic heterocycles. The van der Waals surface area contributed by atoms with Gasteiger partial charge in [-0.15, -0.1) is 0 Å². The number of benzene rings is 3. The van der Waals surface area contributed by atoms with E-state index in [-0.39, 0.29) is 11.2 Å². The average Bonchev–Trinajstić information content (AvgIpc) is 3.27. The summed E-state index contributed by atoms with van der Waals surface area (Å²) in [5, 5.41) is 0.513. The Morgan fingerprint density at radius 2 is 1.56 bits per heavy atom. The van der Waals surface area contributed by atoms with Crippen molar-refractivity contribution in [1.82, 2.24) is 13.7 Å². The number of ether oxygens (including phenoxy) is 1. The zero-order valence-electron chi connectivity index (χ0n) is 20.8. The minimum Gasteiger partial charge on any atom is -0.477 e. The fourth-order valence-electron chi connectivity index (χ4n) is 5.36. The van der Waals surface area contributed by atoms with Gasteiger partial charge in [0.15, 0.2) is 6.10 Å². The van der Waals surface area contributed by atoms with Crippen LogP contribution in [0, 0.1) is 6.92 Å². The van der Waals surface area contributed by atoms with E-state index in [9.17, 15) is 9.59 Å². The lowest BCUT2D eigenvalue weighted by Crippen LogP contribution is -2.37. The molecule has 0 aliphatic carbocycles. The number of hydrogen-bond acceptors (Lipinski definition) is 3. The van der Waals surface area contributed by atoms with Gasteiger partial charge in [0.2, 0.25) is 0 Å². The number of aryl methyl sites for hydroxylation is 3. The Kier molecular flexibility index (Phi) is 5.00. The van der Waals surface area contributed by atoms with Crippen LogP contribution in [0.25, 0.3) is 27.8 Å². The Bertz CT molecular complexity index is 1770. The average molecular weight is 478 g/mol. The fourth-order valence-corrected chi connectivity index (χ4v) is 5.36. The molecule has 1 unspecified atom stereocenters. The van der Waals surface area contributed by atoms with Crippen molar-refractivity contribution < 1.29 is 4.74 Å². The van der Waals surface area contributed by atoms with Crippen LogP contribution < -0.4 is 16.0 Å². The Labute approximate surface area is 208 Å². The Hall–Kier alpha value is -4.32. The summed E-state index contributed by atoms with van der Waals surface area (Å²) in [6.07, 6.45) is 0.444. The van der Waals surface area contributed by atoms with Gasteiger partial charge in [-0.05, 0) is 42.2 Å². The first-order valence-electron chi connectivity index (χ1n) is 12.2. The van der Waals surface area contributed by atoms with Gasteiger partial charge in [-0.2, -0.15) is 0 Å². The van der Waals surface area contributed by atoms with E-state index in [2.05, 4.69) is 35.8 Å². The maximum atomic E-state index is 13.8. The highest BCUT2D eigenvalue weighted by Gasteiger charge is 2.36. The van der Waals surface area contributed by atoms with Crippen molar-refractivity contribution >= 4 is 10.9 Å². The van der Waals surface area contributed by atoms with E-state index >= 15 is 0 Å². The minimum atomic E-state index is -0.496. The van der Waals surface area contributed by atoms with E-state index in [0.717, 1.165) is 45.9 Å². The van der Waals surface area contributed by atoms with Crippen LogP contribution in [0.1, 0.15) is 35.4 Å². The number of rotatable bonds is 3. The maximum Gasteiger partial charge on any atom is 0.331 e. The van der Waals surface area contributed by atoms with Crippen molar-refractivity contribution in [2.45, 2.75) is 26.4 Å². The third kappa shape index (κ3) is 3.04. The topological polar surface area (TPSA) is 58.2 Å². The molecular weight excluding hydrogens is 450 g/mol. The lowest BCUT2D eigenvalue weighted by molar-refractivity contribution is 0.229. The molecule has 180 valence electrons. The van der Waals surface area contributed by atoms with Gasteiger partial charge in [0.25, 0.3) is 5.56 Å². The molecular formula is C30H27N3O3. The number of nitrogens with zero attached hydrogens (tertiary/aromatic N) is 3. The minimum absolute atomic E-state index is 0.314. The van der Waals surface area contributed by atoms with Gasteiger partial charge in [-0.1, -0.05) is 67.6 Å². The molecule has 0 N–H and O–H groups in total. The Morgan fingerprint density at radius 1 is 0.861 bits per heavy atom. The fraction of sp³-hybridized carbons (Fsp3) is 0.200. The largest absolute Gasteiger partial charge is 0.477 e. The summed E-state index contributed by atoms with van der Waals surface area (Å²) >= 11 is 0. The number of hydrogen-bond donors (Lipinski definition) is 0. The first kappa shape index (κ1) is 22.2. The van der Waals surface area contributed by atoms with Gasteiger partial charge in [0, 0.05) is 19.7 Å². The second kappa shape index (κ2) is 8.12. The molecule has 0 saturated heterocycles. The van der Waals surface area contributed by atoms with Crippen molar-refractivity contribution in [3.8, 4) is 22.7 Å². The summed E-state index contributed by atoms with van der Waals surface area (Å²) in [7, 11) is 3.26. The molecule has 0 spiro atoms. The molecule has 0 saturated carbocycles. The van der Waals surface area contributed by atoms with Crippen LogP contribution in [-0.2, 0) is 20.5 Å². The molecule has 1 aliphatic rings. The van der Waals surface area contributed by atoms with Crippen molar-refractivity contribution in [3.63, 3.8) is 0 Å². The van der Waals surface area contributed by atoms with Crippen LogP contribution >= 0.6 is 0 Å². The Morgan fingerprint density at radius 3 is 2.28 bits per heavy atom. The summed E-state index contributed by atoms with van der Waals surface area (Å²) in [4.78, 5) is 26.9. The van der Waals surface area contributed by atoms with E-state index in [4.69, 9.17) is 4.74 Å². The highest BCUT2D eigenvalue weighted by Crippen LogP contribution is 2.46. The van der Waals surface area contributed by atoms with Crippen molar-refractivity contribution in [3.05, 3.63) is 116 Å². The van der Waals surface area contributed by atoms with E-state index in [1.54, 1.807) is 11.6 Å². The van der Waals surface area contributed by atoms with E-state index in [1.807, 2.05) is 55.5 Å². The highest BCUT2D eigenvalue weighted by atomic mass is 16.5. The van der Waals surface area contributed by atoms with Gasteiger partial charge in [0.1, 0.15) is 5.75 Å².